The molecule has 1 aromatic rings. The van der Waals surface area contributed by atoms with Gasteiger partial charge in [0.25, 0.3) is 0 Å². The molecule has 2 N–H and O–H groups in total. The first-order valence-electron chi connectivity index (χ1n) is 7.18. The predicted octanol–water partition coefficient (Wildman–Crippen LogP) is -0.593. The highest BCUT2D eigenvalue weighted by Gasteiger charge is 2.32. The molecule has 2 aliphatic rings. The van der Waals surface area contributed by atoms with Crippen molar-refractivity contribution in [1.29, 1.82) is 0 Å². The van der Waals surface area contributed by atoms with Gasteiger partial charge in [0, 0.05) is 45.5 Å². The van der Waals surface area contributed by atoms with Crippen molar-refractivity contribution in [2.75, 3.05) is 32.7 Å². The van der Waals surface area contributed by atoms with Crippen molar-refractivity contribution < 1.29 is 9.59 Å². The summed E-state index contributed by atoms with van der Waals surface area (Å²) in [7, 11) is 0. The highest BCUT2D eigenvalue weighted by atomic mass is 16.2. The third-order valence-electron chi connectivity index (χ3n) is 3.87. The van der Waals surface area contributed by atoms with E-state index in [0.717, 1.165) is 25.3 Å². The van der Waals surface area contributed by atoms with Crippen molar-refractivity contribution in [1.82, 2.24) is 25.4 Å². The summed E-state index contributed by atoms with van der Waals surface area (Å²) in [6.07, 6.45) is 1.80. The minimum absolute atomic E-state index is 0.00540. The Morgan fingerprint density at radius 3 is 2.71 bits per heavy atom. The van der Waals surface area contributed by atoms with Crippen molar-refractivity contribution in [3.05, 3.63) is 30.1 Å². The van der Waals surface area contributed by atoms with Crippen LogP contribution in [0.5, 0.6) is 0 Å². The van der Waals surface area contributed by atoms with E-state index in [1.807, 2.05) is 23.1 Å². The maximum absolute atomic E-state index is 12.3. The van der Waals surface area contributed by atoms with Crippen LogP contribution in [0.2, 0.25) is 0 Å². The van der Waals surface area contributed by atoms with Crippen molar-refractivity contribution in [3.8, 4) is 0 Å². The molecule has 3 heterocycles. The number of amides is 3. The molecule has 0 saturated carbocycles. The molecule has 7 heteroatoms. The summed E-state index contributed by atoms with van der Waals surface area (Å²) in [5, 5.41) is 5.25. The Kier molecular flexibility index (Phi) is 4.01. The fourth-order valence-electron chi connectivity index (χ4n) is 2.67. The summed E-state index contributed by atoms with van der Waals surface area (Å²) in [4.78, 5) is 31.8. The zero-order chi connectivity index (χ0) is 14.7. The van der Waals surface area contributed by atoms with Crippen LogP contribution in [0.25, 0.3) is 0 Å². The topological polar surface area (TPSA) is 77.6 Å². The summed E-state index contributed by atoms with van der Waals surface area (Å²) in [6, 6.07) is 5.22. The molecule has 0 aliphatic carbocycles. The summed E-state index contributed by atoms with van der Waals surface area (Å²) < 4.78 is 0. The van der Waals surface area contributed by atoms with E-state index in [1.54, 1.807) is 6.20 Å². The van der Waals surface area contributed by atoms with Crippen LogP contribution in [0, 0.1) is 0 Å². The minimum Gasteiger partial charge on any atom is -0.338 e. The molecular formula is C14H19N5O2. The third kappa shape index (κ3) is 3.30. The number of nitrogens with one attached hydrogen (secondary N) is 2. The van der Waals surface area contributed by atoms with Gasteiger partial charge in [-0.2, -0.15) is 0 Å². The predicted molar refractivity (Wildman–Crippen MR) is 76.4 cm³/mol. The number of pyridine rings is 1. The number of aromatic nitrogens is 1. The molecule has 1 aromatic heterocycles. The van der Waals surface area contributed by atoms with Crippen LogP contribution < -0.4 is 10.6 Å². The Labute approximate surface area is 123 Å². The molecule has 1 unspecified atom stereocenters. The molecule has 3 rings (SSSR count). The quantitative estimate of drug-likeness (QED) is 0.779. The Hall–Kier alpha value is -2.15. The van der Waals surface area contributed by atoms with Gasteiger partial charge in [-0.05, 0) is 12.1 Å². The van der Waals surface area contributed by atoms with Crippen molar-refractivity contribution in [2.24, 2.45) is 0 Å². The molecule has 7 nitrogen and oxygen atoms in total. The number of piperazine rings is 1. The van der Waals surface area contributed by atoms with Gasteiger partial charge in [0.2, 0.25) is 5.91 Å². The fraction of sp³-hybridized carbons (Fsp3) is 0.500. The van der Waals surface area contributed by atoms with E-state index in [0.29, 0.717) is 19.6 Å². The molecule has 0 bridgehead atoms. The first-order valence-corrected chi connectivity index (χ1v) is 7.18. The van der Waals surface area contributed by atoms with Crippen LogP contribution in [-0.2, 0) is 11.3 Å². The van der Waals surface area contributed by atoms with Crippen LogP contribution in [0.1, 0.15) is 5.69 Å². The van der Waals surface area contributed by atoms with Gasteiger partial charge >= 0.3 is 6.03 Å². The van der Waals surface area contributed by atoms with Crippen molar-refractivity contribution in [2.45, 2.75) is 12.6 Å². The Balaban J connectivity index is 1.49. The average Bonchev–Trinajstić information content (AvgIpc) is 2.95. The molecule has 0 spiro atoms. The van der Waals surface area contributed by atoms with E-state index in [2.05, 4.69) is 20.5 Å². The lowest BCUT2D eigenvalue weighted by atomic mass is 10.2. The number of hydrogen-bond donors (Lipinski definition) is 2. The van der Waals surface area contributed by atoms with Gasteiger partial charge in [0.1, 0.15) is 6.04 Å². The van der Waals surface area contributed by atoms with Gasteiger partial charge in [-0.15, -0.1) is 0 Å². The van der Waals surface area contributed by atoms with E-state index in [-0.39, 0.29) is 11.9 Å². The summed E-state index contributed by atoms with van der Waals surface area (Å²) in [5.74, 6) is 0.00540. The molecular weight excluding hydrogens is 270 g/mol. The fourth-order valence-corrected chi connectivity index (χ4v) is 2.67. The van der Waals surface area contributed by atoms with Crippen LogP contribution in [0.3, 0.4) is 0 Å². The maximum atomic E-state index is 12.3. The van der Waals surface area contributed by atoms with Crippen LogP contribution in [-0.4, -0.2) is 65.5 Å². The van der Waals surface area contributed by atoms with Crippen molar-refractivity contribution >= 4 is 11.9 Å². The van der Waals surface area contributed by atoms with Gasteiger partial charge < -0.3 is 15.5 Å². The molecule has 21 heavy (non-hydrogen) atoms. The lowest BCUT2D eigenvalue weighted by Crippen LogP contribution is -2.53. The molecule has 112 valence electrons. The molecule has 0 aromatic carbocycles. The number of carbonyl (C=O) groups excluding carboxylic acids is 2. The number of urea groups is 1. The van der Waals surface area contributed by atoms with Gasteiger partial charge in [-0.25, -0.2) is 4.79 Å². The second kappa shape index (κ2) is 6.09. The lowest BCUT2D eigenvalue weighted by molar-refractivity contribution is -0.134. The molecule has 1 atom stereocenters. The summed E-state index contributed by atoms with van der Waals surface area (Å²) in [5.41, 5.74) is 1.05. The SMILES string of the molecule is O=C1NCC(C(=O)N2CCN(Cc3ccccn3)CC2)N1. The highest BCUT2D eigenvalue weighted by molar-refractivity contribution is 5.90. The van der Waals surface area contributed by atoms with E-state index >= 15 is 0 Å². The number of hydrogen-bond acceptors (Lipinski definition) is 4. The first-order chi connectivity index (χ1) is 10.2. The Morgan fingerprint density at radius 2 is 2.10 bits per heavy atom. The number of carbonyl (C=O) groups is 2. The van der Waals surface area contributed by atoms with Gasteiger partial charge in [-0.3, -0.25) is 14.7 Å². The third-order valence-corrected chi connectivity index (χ3v) is 3.87. The summed E-state index contributed by atoms with van der Waals surface area (Å²) in [6.45, 7) is 4.24. The molecule has 2 aliphatic heterocycles. The smallest absolute Gasteiger partial charge is 0.315 e. The van der Waals surface area contributed by atoms with E-state index in [4.69, 9.17) is 0 Å². The number of nitrogens with zero attached hydrogens (tertiary/aromatic N) is 3. The van der Waals surface area contributed by atoms with Crippen molar-refractivity contribution in [3.63, 3.8) is 0 Å². The zero-order valence-electron chi connectivity index (χ0n) is 11.8. The minimum atomic E-state index is -0.417. The largest absolute Gasteiger partial charge is 0.338 e. The van der Waals surface area contributed by atoms with Gasteiger partial charge in [0.05, 0.1) is 5.69 Å². The van der Waals surface area contributed by atoms with Crippen LogP contribution in [0.4, 0.5) is 4.79 Å². The molecule has 2 fully saturated rings. The van der Waals surface area contributed by atoms with E-state index in [9.17, 15) is 9.59 Å². The van der Waals surface area contributed by atoms with Crippen LogP contribution >= 0.6 is 0 Å². The van der Waals surface area contributed by atoms with E-state index in [1.165, 1.54) is 0 Å². The number of rotatable bonds is 3. The summed E-state index contributed by atoms with van der Waals surface area (Å²) >= 11 is 0. The van der Waals surface area contributed by atoms with Gasteiger partial charge in [0.15, 0.2) is 0 Å². The Morgan fingerprint density at radius 1 is 1.29 bits per heavy atom. The average molecular weight is 289 g/mol. The molecule has 0 radical (unpaired) electrons. The zero-order valence-corrected chi connectivity index (χ0v) is 11.8. The molecule has 3 amide bonds. The maximum Gasteiger partial charge on any atom is 0.315 e. The normalized spacial score (nSPS) is 22.8. The lowest BCUT2D eigenvalue weighted by Gasteiger charge is -2.35. The first kappa shape index (κ1) is 13.8. The second-order valence-electron chi connectivity index (χ2n) is 5.33. The second-order valence-corrected chi connectivity index (χ2v) is 5.33. The van der Waals surface area contributed by atoms with E-state index < -0.39 is 6.04 Å². The molecule has 2 saturated heterocycles. The van der Waals surface area contributed by atoms with Crippen LogP contribution in [0.15, 0.2) is 24.4 Å². The standard InChI is InChI=1S/C14H19N5O2/c20-13(12-9-16-14(21)17-12)19-7-5-18(6-8-19)10-11-3-1-2-4-15-11/h1-4,12H,5-10H2,(H2,16,17,21). The van der Waals surface area contributed by atoms with Gasteiger partial charge in [-0.1, -0.05) is 6.07 Å². The Bertz CT molecular complexity index is 513. The highest BCUT2D eigenvalue weighted by Crippen LogP contribution is 2.08. The monoisotopic (exact) mass is 289 g/mol.